The van der Waals surface area contributed by atoms with Gasteiger partial charge in [-0.1, -0.05) is 13.8 Å². The zero-order valence-electron chi connectivity index (χ0n) is 11.3. The van der Waals surface area contributed by atoms with Gasteiger partial charge in [-0.2, -0.15) is 11.8 Å². The summed E-state index contributed by atoms with van der Waals surface area (Å²) in [6.07, 6.45) is 3.11. The first-order valence-electron chi connectivity index (χ1n) is 6.13. The monoisotopic (exact) mass is 276 g/mol. The first-order valence-corrected chi connectivity index (χ1v) is 7.52. The number of hydrogen-bond acceptors (Lipinski definition) is 4. The van der Waals surface area contributed by atoms with E-state index < -0.39 is 17.9 Å². The lowest BCUT2D eigenvalue weighted by molar-refractivity contribution is -0.142. The third-order valence-corrected chi connectivity index (χ3v) is 3.24. The van der Waals surface area contributed by atoms with Crippen molar-refractivity contribution in [3.8, 4) is 0 Å². The fraction of sp³-hybridized carbons (Fsp3) is 0.833. The van der Waals surface area contributed by atoms with Crippen LogP contribution in [0.4, 0.5) is 0 Å². The van der Waals surface area contributed by atoms with Crippen LogP contribution in [0.15, 0.2) is 0 Å². The molecule has 1 amide bonds. The van der Waals surface area contributed by atoms with Gasteiger partial charge in [0.05, 0.1) is 12.0 Å². The topological polar surface area (TPSA) is 92.4 Å². The molecule has 18 heavy (non-hydrogen) atoms. The predicted octanol–water partition coefficient (Wildman–Crippen LogP) is 0.930. The first-order chi connectivity index (χ1) is 8.38. The maximum absolute atomic E-state index is 11.6. The highest BCUT2D eigenvalue weighted by Gasteiger charge is 2.21. The van der Waals surface area contributed by atoms with Crippen molar-refractivity contribution < 1.29 is 14.7 Å². The zero-order chi connectivity index (χ0) is 14.1. The summed E-state index contributed by atoms with van der Waals surface area (Å²) in [6, 6.07) is -0.550. The van der Waals surface area contributed by atoms with Crippen LogP contribution in [0.25, 0.3) is 0 Å². The third kappa shape index (κ3) is 7.55. The van der Waals surface area contributed by atoms with E-state index in [-0.39, 0.29) is 18.4 Å². The van der Waals surface area contributed by atoms with Crippen LogP contribution in [0, 0.1) is 11.8 Å². The van der Waals surface area contributed by atoms with Crippen molar-refractivity contribution in [3.05, 3.63) is 0 Å². The van der Waals surface area contributed by atoms with Gasteiger partial charge in [-0.05, 0) is 30.8 Å². The average Bonchev–Trinajstić information content (AvgIpc) is 2.30. The van der Waals surface area contributed by atoms with E-state index in [9.17, 15) is 9.59 Å². The number of carbonyl (C=O) groups is 2. The Hall–Kier alpha value is -0.750. The Morgan fingerprint density at radius 3 is 2.44 bits per heavy atom. The van der Waals surface area contributed by atoms with Crippen molar-refractivity contribution in [2.45, 2.75) is 32.7 Å². The van der Waals surface area contributed by atoms with Crippen molar-refractivity contribution in [1.29, 1.82) is 0 Å². The van der Waals surface area contributed by atoms with Crippen LogP contribution in [0.2, 0.25) is 0 Å². The number of nitrogens with one attached hydrogen (secondary N) is 1. The third-order valence-electron chi connectivity index (χ3n) is 2.60. The number of carboxylic acids is 1. The van der Waals surface area contributed by atoms with Crippen LogP contribution in [-0.2, 0) is 9.59 Å². The van der Waals surface area contributed by atoms with E-state index in [0.29, 0.717) is 12.8 Å². The standard InChI is InChI=1S/C12H24N2O3S/c1-8(2)6-9(12(16)17)7-14-11(15)10(13)4-5-18-3/h8-10H,4-7,13H2,1-3H3,(H,14,15)(H,16,17)/t9?,10-/m1/s1. The highest BCUT2D eigenvalue weighted by atomic mass is 32.2. The molecule has 4 N–H and O–H groups in total. The smallest absolute Gasteiger partial charge is 0.308 e. The Labute approximate surface area is 113 Å². The van der Waals surface area contributed by atoms with Gasteiger partial charge in [0.2, 0.25) is 5.91 Å². The molecule has 0 aromatic carbocycles. The van der Waals surface area contributed by atoms with E-state index in [4.69, 9.17) is 10.8 Å². The van der Waals surface area contributed by atoms with E-state index in [1.807, 2.05) is 20.1 Å². The molecule has 5 nitrogen and oxygen atoms in total. The summed E-state index contributed by atoms with van der Waals surface area (Å²) in [5, 5.41) is 11.7. The molecule has 6 heteroatoms. The van der Waals surface area contributed by atoms with Gasteiger partial charge in [-0.15, -0.1) is 0 Å². The van der Waals surface area contributed by atoms with Gasteiger partial charge >= 0.3 is 5.97 Å². The summed E-state index contributed by atoms with van der Waals surface area (Å²) >= 11 is 1.63. The van der Waals surface area contributed by atoms with Gasteiger partial charge < -0.3 is 16.2 Å². The van der Waals surface area contributed by atoms with Crippen molar-refractivity contribution in [3.63, 3.8) is 0 Å². The van der Waals surface area contributed by atoms with E-state index in [0.717, 1.165) is 5.75 Å². The van der Waals surface area contributed by atoms with Gasteiger partial charge in [0, 0.05) is 6.54 Å². The molecule has 0 radical (unpaired) electrons. The van der Waals surface area contributed by atoms with Gasteiger partial charge in [0.15, 0.2) is 0 Å². The summed E-state index contributed by atoms with van der Waals surface area (Å²) < 4.78 is 0. The lowest BCUT2D eigenvalue weighted by Gasteiger charge is -2.17. The molecular weight excluding hydrogens is 252 g/mol. The molecule has 2 atom stereocenters. The van der Waals surface area contributed by atoms with Crippen LogP contribution >= 0.6 is 11.8 Å². The minimum Gasteiger partial charge on any atom is -0.481 e. The zero-order valence-corrected chi connectivity index (χ0v) is 12.1. The predicted molar refractivity (Wildman–Crippen MR) is 74.6 cm³/mol. The molecule has 0 heterocycles. The van der Waals surface area contributed by atoms with Gasteiger partial charge in [-0.25, -0.2) is 0 Å². The summed E-state index contributed by atoms with van der Waals surface area (Å²) in [4.78, 5) is 22.6. The number of thioether (sulfide) groups is 1. The quantitative estimate of drug-likeness (QED) is 0.582. The molecule has 0 aliphatic rings. The van der Waals surface area contributed by atoms with Crippen molar-refractivity contribution in [2.24, 2.45) is 17.6 Å². The fourth-order valence-electron chi connectivity index (χ4n) is 1.57. The van der Waals surface area contributed by atoms with Gasteiger partial charge in [-0.3, -0.25) is 9.59 Å². The van der Waals surface area contributed by atoms with Gasteiger partial charge in [0.25, 0.3) is 0 Å². The molecule has 0 fully saturated rings. The van der Waals surface area contributed by atoms with Crippen LogP contribution in [0.1, 0.15) is 26.7 Å². The number of carboxylic acid groups (broad SMARTS) is 1. The molecule has 0 aromatic heterocycles. The molecule has 0 bridgehead atoms. The number of carbonyl (C=O) groups excluding carboxylic acids is 1. The van der Waals surface area contributed by atoms with Crippen LogP contribution in [0.5, 0.6) is 0 Å². The minimum absolute atomic E-state index is 0.152. The minimum atomic E-state index is -0.873. The number of amides is 1. The number of nitrogens with two attached hydrogens (primary N) is 1. The molecule has 0 aliphatic carbocycles. The SMILES string of the molecule is CSCC[C@@H](N)C(=O)NCC(CC(C)C)C(=O)O. The van der Waals surface area contributed by atoms with Crippen LogP contribution in [0.3, 0.4) is 0 Å². The maximum Gasteiger partial charge on any atom is 0.308 e. The Morgan fingerprint density at radius 1 is 1.39 bits per heavy atom. The second-order valence-electron chi connectivity index (χ2n) is 4.80. The molecule has 106 valence electrons. The normalized spacial score (nSPS) is 14.3. The molecule has 0 saturated carbocycles. The Bertz CT molecular complexity index is 272. The summed E-state index contributed by atoms with van der Waals surface area (Å²) in [5.74, 6) is -0.571. The van der Waals surface area contributed by atoms with E-state index >= 15 is 0 Å². The highest BCUT2D eigenvalue weighted by Crippen LogP contribution is 2.11. The summed E-state index contributed by atoms with van der Waals surface area (Å²) in [6.45, 7) is 4.07. The maximum atomic E-state index is 11.6. The number of hydrogen-bond donors (Lipinski definition) is 3. The highest BCUT2D eigenvalue weighted by molar-refractivity contribution is 7.98. The molecule has 1 unspecified atom stereocenters. The average molecular weight is 276 g/mol. The summed E-state index contributed by atoms with van der Waals surface area (Å²) in [7, 11) is 0. The van der Waals surface area contributed by atoms with E-state index in [2.05, 4.69) is 5.32 Å². The fourth-order valence-corrected chi connectivity index (χ4v) is 2.06. The van der Waals surface area contributed by atoms with E-state index in [1.165, 1.54) is 0 Å². The molecule has 0 aromatic rings. The molecular formula is C12H24N2O3S. The van der Waals surface area contributed by atoms with Crippen molar-refractivity contribution >= 4 is 23.6 Å². The molecule has 0 rings (SSSR count). The van der Waals surface area contributed by atoms with Gasteiger partial charge in [0.1, 0.15) is 0 Å². The second-order valence-corrected chi connectivity index (χ2v) is 5.78. The number of rotatable bonds is 9. The first kappa shape index (κ1) is 17.2. The molecule has 0 saturated heterocycles. The lowest BCUT2D eigenvalue weighted by atomic mass is 9.97. The largest absolute Gasteiger partial charge is 0.481 e. The Morgan fingerprint density at radius 2 is 2.00 bits per heavy atom. The van der Waals surface area contributed by atoms with Crippen molar-refractivity contribution in [1.82, 2.24) is 5.32 Å². The Balaban J connectivity index is 4.10. The molecule has 0 spiro atoms. The molecule has 0 aliphatic heterocycles. The number of aliphatic carboxylic acids is 1. The second kappa shape index (κ2) is 9.22. The van der Waals surface area contributed by atoms with Crippen molar-refractivity contribution in [2.75, 3.05) is 18.6 Å². The van der Waals surface area contributed by atoms with E-state index in [1.54, 1.807) is 11.8 Å². The van der Waals surface area contributed by atoms with Crippen LogP contribution in [-0.4, -0.2) is 41.6 Å². The lowest BCUT2D eigenvalue weighted by Crippen LogP contribution is -2.43. The van der Waals surface area contributed by atoms with Crippen LogP contribution < -0.4 is 11.1 Å². The Kier molecular flexibility index (Phi) is 8.83. The summed E-state index contributed by atoms with van der Waals surface area (Å²) in [5.41, 5.74) is 5.69.